The lowest BCUT2D eigenvalue weighted by molar-refractivity contribution is 0.1000. The number of primary amides is 1. The van der Waals surface area contributed by atoms with Crippen LogP contribution in [0.25, 0.3) is 0 Å². The Balaban J connectivity index is 2.07. The van der Waals surface area contributed by atoms with Crippen molar-refractivity contribution in [2.45, 2.75) is 6.54 Å². The monoisotopic (exact) mass is 370 g/mol. The molecule has 2 aromatic carbocycles. The first-order valence-electron chi connectivity index (χ1n) is 5.64. The lowest BCUT2D eigenvalue weighted by atomic mass is 10.1. The fourth-order valence-electron chi connectivity index (χ4n) is 1.61. The highest BCUT2D eigenvalue weighted by molar-refractivity contribution is 14.1. The number of nitrogens with two attached hydrogens (primary N) is 1. The predicted octanol–water partition coefficient (Wildman–Crippen LogP) is 3.14. The van der Waals surface area contributed by atoms with Crippen LogP contribution in [-0.2, 0) is 6.54 Å². The number of amides is 1. The van der Waals surface area contributed by atoms with Gasteiger partial charge in [0.25, 0.3) is 0 Å². The maximum absolute atomic E-state index is 13.7. The summed E-state index contributed by atoms with van der Waals surface area (Å²) in [5.74, 6) is -1.06. The molecule has 0 aliphatic heterocycles. The van der Waals surface area contributed by atoms with Gasteiger partial charge in [-0.15, -0.1) is 0 Å². The SMILES string of the molecule is NC(=O)c1ccc(CNc2ccc(I)cc2)c(F)c1. The van der Waals surface area contributed by atoms with Crippen LogP contribution in [0, 0.1) is 9.39 Å². The van der Waals surface area contributed by atoms with Crippen LogP contribution in [-0.4, -0.2) is 5.91 Å². The van der Waals surface area contributed by atoms with Crippen LogP contribution in [0.4, 0.5) is 10.1 Å². The van der Waals surface area contributed by atoms with Crippen molar-refractivity contribution in [3.8, 4) is 0 Å². The molecule has 98 valence electrons. The topological polar surface area (TPSA) is 55.1 Å². The second kappa shape index (κ2) is 6.01. The largest absolute Gasteiger partial charge is 0.381 e. The Morgan fingerprint density at radius 3 is 2.47 bits per heavy atom. The molecule has 2 aromatic rings. The van der Waals surface area contributed by atoms with Gasteiger partial charge in [-0.1, -0.05) is 6.07 Å². The minimum atomic E-state index is -0.629. The van der Waals surface area contributed by atoms with Gasteiger partial charge in [-0.05, 0) is 59.0 Å². The second-order valence-electron chi connectivity index (χ2n) is 4.03. The summed E-state index contributed by atoms with van der Waals surface area (Å²) in [6.07, 6.45) is 0. The van der Waals surface area contributed by atoms with Gasteiger partial charge in [0, 0.05) is 26.9 Å². The van der Waals surface area contributed by atoms with Crippen LogP contribution in [0.2, 0.25) is 0 Å². The Morgan fingerprint density at radius 1 is 1.21 bits per heavy atom. The van der Waals surface area contributed by atoms with E-state index in [0.29, 0.717) is 12.1 Å². The molecule has 0 aliphatic rings. The van der Waals surface area contributed by atoms with Gasteiger partial charge in [0.2, 0.25) is 5.91 Å². The van der Waals surface area contributed by atoms with E-state index in [4.69, 9.17) is 5.73 Å². The first-order chi connectivity index (χ1) is 9.06. The Kier molecular flexibility index (Phi) is 4.36. The van der Waals surface area contributed by atoms with Gasteiger partial charge in [-0.3, -0.25) is 4.79 Å². The first kappa shape index (κ1) is 13.8. The summed E-state index contributed by atoms with van der Waals surface area (Å²) in [5, 5.41) is 3.12. The van der Waals surface area contributed by atoms with Gasteiger partial charge < -0.3 is 11.1 Å². The summed E-state index contributed by atoms with van der Waals surface area (Å²) in [6.45, 7) is 0.353. The first-order valence-corrected chi connectivity index (χ1v) is 6.72. The highest BCUT2D eigenvalue weighted by atomic mass is 127. The van der Waals surface area contributed by atoms with Crippen molar-refractivity contribution in [1.29, 1.82) is 0 Å². The molecule has 0 bridgehead atoms. The molecule has 0 fully saturated rings. The summed E-state index contributed by atoms with van der Waals surface area (Å²) in [7, 11) is 0. The molecule has 3 nitrogen and oxygen atoms in total. The molecule has 0 unspecified atom stereocenters. The van der Waals surface area contributed by atoms with Crippen molar-refractivity contribution < 1.29 is 9.18 Å². The van der Waals surface area contributed by atoms with Crippen molar-refractivity contribution in [3.05, 3.63) is 63.0 Å². The summed E-state index contributed by atoms with van der Waals surface area (Å²) in [4.78, 5) is 10.9. The van der Waals surface area contributed by atoms with Gasteiger partial charge in [0.15, 0.2) is 0 Å². The predicted molar refractivity (Wildman–Crippen MR) is 81.4 cm³/mol. The number of carbonyl (C=O) groups excluding carboxylic acids is 1. The van der Waals surface area contributed by atoms with Crippen molar-refractivity contribution >= 4 is 34.2 Å². The van der Waals surface area contributed by atoms with E-state index in [9.17, 15) is 9.18 Å². The van der Waals surface area contributed by atoms with E-state index < -0.39 is 11.7 Å². The Hall–Kier alpha value is -1.63. The second-order valence-corrected chi connectivity index (χ2v) is 5.28. The minimum absolute atomic E-state index is 0.176. The smallest absolute Gasteiger partial charge is 0.248 e. The van der Waals surface area contributed by atoms with Gasteiger partial charge in [-0.25, -0.2) is 4.39 Å². The third-order valence-electron chi connectivity index (χ3n) is 2.66. The third kappa shape index (κ3) is 3.66. The number of rotatable bonds is 4. The average Bonchev–Trinajstić information content (AvgIpc) is 2.39. The number of anilines is 1. The van der Waals surface area contributed by atoms with Crippen molar-refractivity contribution in [1.82, 2.24) is 0 Å². The van der Waals surface area contributed by atoms with Crippen LogP contribution >= 0.6 is 22.6 Å². The van der Waals surface area contributed by atoms with E-state index in [1.807, 2.05) is 24.3 Å². The molecule has 3 N–H and O–H groups in total. The summed E-state index contributed by atoms with van der Waals surface area (Å²) < 4.78 is 14.9. The van der Waals surface area contributed by atoms with Crippen molar-refractivity contribution in [2.24, 2.45) is 5.73 Å². The molecular weight excluding hydrogens is 358 g/mol. The summed E-state index contributed by atoms with van der Waals surface area (Å²) in [6, 6.07) is 12.0. The van der Waals surface area contributed by atoms with Crippen molar-refractivity contribution in [2.75, 3.05) is 5.32 Å². The molecular formula is C14H12FIN2O. The van der Waals surface area contributed by atoms with Crippen LogP contribution in [0.3, 0.4) is 0 Å². The minimum Gasteiger partial charge on any atom is -0.381 e. The Labute approximate surface area is 124 Å². The lowest BCUT2D eigenvalue weighted by Crippen LogP contribution is -2.12. The highest BCUT2D eigenvalue weighted by Crippen LogP contribution is 2.15. The number of carbonyl (C=O) groups is 1. The van der Waals surface area contributed by atoms with Crippen LogP contribution < -0.4 is 11.1 Å². The molecule has 0 saturated carbocycles. The number of halogens is 2. The van der Waals surface area contributed by atoms with E-state index in [1.54, 1.807) is 6.07 Å². The third-order valence-corrected chi connectivity index (χ3v) is 3.38. The lowest BCUT2D eigenvalue weighted by Gasteiger charge is -2.08. The fraction of sp³-hybridized carbons (Fsp3) is 0.0714. The number of nitrogens with one attached hydrogen (secondary N) is 1. The van der Waals surface area contributed by atoms with Gasteiger partial charge in [0.1, 0.15) is 5.82 Å². The molecule has 0 aromatic heterocycles. The van der Waals surface area contributed by atoms with E-state index in [1.165, 1.54) is 6.07 Å². The molecule has 0 saturated heterocycles. The maximum Gasteiger partial charge on any atom is 0.248 e. The zero-order valence-corrected chi connectivity index (χ0v) is 12.1. The van der Waals surface area contributed by atoms with Crippen molar-refractivity contribution in [3.63, 3.8) is 0 Å². The van der Waals surface area contributed by atoms with E-state index in [0.717, 1.165) is 15.3 Å². The standard InChI is InChI=1S/C14H12FIN2O/c15-13-7-9(14(17)19)1-2-10(13)8-18-12-5-3-11(16)4-6-12/h1-7,18H,8H2,(H2,17,19). The van der Waals surface area contributed by atoms with Crippen LogP contribution in [0.15, 0.2) is 42.5 Å². The Morgan fingerprint density at radius 2 is 1.89 bits per heavy atom. The number of hydrogen-bond donors (Lipinski definition) is 2. The average molecular weight is 370 g/mol. The Bertz CT molecular complexity index is 599. The van der Waals surface area contributed by atoms with E-state index in [2.05, 4.69) is 27.9 Å². The normalized spacial score (nSPS) is 10.2. The molecule has 0 radical (unpaired) electrons. The van der Waals surface area contributed by atoms with Gasteiger partial charge >= 0.3 is 0 Å². The summed E-state index contributed by atoms with van der Waals surface area (Å²) in [5.41, 5.74) is 6.67. The zero-order chi connectivity index (χ0) is 13.8. The van der Waals surface area contributed by atoms with E-state index >= 15 is 0 Å². The van der Waals surface area contributed by atoms with E-state index in [-0.39, 0.29) is 5.56 Å². The number of benzene rings is 2. The summed E-state index contributed by atoms with van der Waals surface area (Å²) >= 11 is 2.22. The fourth-order valence-corrected chi connectivity index (χ4v) is 1.97. The van der Waals surface area contributed by atoms with Crippen LogP contribution in [0.5, 0.6) is 0 Å². The maximum atomic E-state index is 13.7. The molecule has 2 rings (SSSR count). The highest BCUT2D eigenvalue weighted by Gasteiger charge is 2.06. The molecule has 0 spiro atoms. The number of hydrogen-bond acceptors (Lipinski definition) is 2. The van der Waals surface area contributed by atoms with Gasteiger partial charge in [-0.2, -0.15) is 0 Å². The quantitative estimate of drug-likeness (QED) is 0.813. The molecule has 19 heavy (non-hydrogen) atoms. The molecule has 0 aliphatic carbocycles. The van der Waals surface area contributed by atoms with Gasteiger partial charge in [0.05, 0.1) is 0 Å². The zero-order valence-electron chi connectivity index (χ0n) is 9.99. The molecule has 1 amide bonds. The van der Waals surface area contributed by atoms with Crippen LogP contribution in [0.1, 0.15) is 15.9 Å². The molecule has 0 heterocycles. The molecule has 5 heteroatoms. The molecule has 0 atom stereocenters.